The number of aliphatic hydroxyl groups is 1. The molecule has 1 rings (SSSR count). The summed E-state index contributed by atoms with van der Waals surface area (Å²) in [7, 11) is -3.25. The number of nitrogens with one attached hydrogen (secondary N) is 1. The summed E-state index contributed by atoms with van der Waals surface area (Å²) in [6.45, 7) is 3.46. The number of anilines is 1. The van der Waals surface area contributed by atoms with Crippen LogP contribution in [-0.4, -0.2) is 19.8 Å². The van der Waals surface area contributed by atoms with E-state index in [4.69, 9.17) is 0 Å². The van der Waals surface area contributed by atoms with Gasteiger partial charge in [0.05, 0.1) is 12.4 Å². The van der Waals surface area contributed by atoms with Crippen molar-refractivity contribution in [3.8, 4) is 0 Å². The molecule has 0 aliphatic carbocycles. The van der Waals surface area contributed by atoms with E-state index in [0.717, 1.165) is 6.26 Å². The van der Waals surface area contributed by atoms with E-state index in [-0.39, 0.29) is 0 Å². The van der Waals surface area contributed by atoms with Crippen molar-refractivity contribution in [1.82, 2.24) is 0 Å². The van der Waals surface area contributed by atoms with Crippen molar-refractivity contribution in [2.45, 2.75) is 6.10 Å². The third kappa shape index (κ3) is 3.73. The molecule has 4 nitrogen and oxygen atoms in total. The van der Waals surface area contributed by atoms with E-state index in [9.17, 15) is 13.5 Å². The SMILES string of the molecule is C=CC(O)c1ccc(NS(C)(=O)=O)cc1. The fourth-order valence-corrected chi connectivity index (χ4v) is 1.66. The Morgan fingerprint density at radius 2 is 1.93 bits per heavy atom. The van der Waals surface area contributed by atoms with E-state index in [0.29, 0.717) is 11.3 Å². The summed E-state index contributed by atoms with van der Waals surface area (Å²) in [6, 6.07) is 6.45. The van der Waals surface area contributed by atoms with Gasteiger partial charge in [-0.3, -0.25) is 4.72 Å². The highest BCUT2D eigenvalue weighted by molar-refractivity contribution is 7.92. The standard InChI is InChI=1S/C10H13NO3S/c1-3-10(12)8-4-6-9(7-5-8)11-15(2,13)14/h3-7,10-12H,1H2,2H3. The van der Waals surface area contributed by atoms with E-state index in [1.807, 2.05) is 0 Å². The normalized spacial score (nSPS) is 13.2. The Kier molecular flexibility index (Phi) is 3.49. The molecular formula is C10H13NO3S. The van der Waals surface area contributed by atoms with Gasteiger partial charge in [-0.15, -0.1) is 6.58 Å². The van der Waals surface area contributed by atoms with Gasteiger partial charge < -0.3 is 5.11 Å². The van der Waals surface area contributed by atoms with Gasteiger partial charge in [0.15, 0.2) is 0 Å². The van der Waals surface area contributed by atoms with Crippen LogP contribution in [0.4, 0.5) is 5.69 Å². The number of aliphatic hydroxyl groups excluding tert-OH is 1. The van der Waals surface area contributed by atoms with Crippen molar-refractivity contribution in [2.75, 3.05) is 11.0 Å². The van der Waals surface area contributed by atoms with Crippen LogP contribution in [0.2, 0.25) is 0 Å². The van der Waals surface area contributed by atoms with Gasteiger partial charge in [-0.1, -0.05) is 18.2 Å². The average Bonchev–Trinajstić information content (AvgIpc) is 2.15. The zero-order valence-electron chi connectivity index (χ0n) is 8.34. The fraction of sp³-hybridized carbons (Fsp3) is 0.200. The van der Waals surface area contributed by atoms with E-state index in [1.165, 1.54) is 6.08 Å². The lowest BCUT2D eigenvalue weighted by atomic mass is 10.1. The molecule has 1 unspecified atom stereocenters. The second kappa shape index (κ2) is 4.46. The smallest absolute Gasteiger partial charge is 0.229 e. The molecule has 0 radical (unpaired) electrons. The summed E-state index contributed by atoms with van der Waals surface area (Å²) in [4.78, 5) is 0. The molecule has 0 aromatic heterocycles. The zero-order chi connectivity index (χ0) is 11.5. The van der Waals surface area contributed by atoms with Gasteiger partial charge in [0.25, 0.3) is 0 Å². The Morgan fingerprint density at radius 1 is 1.40 bits per heavy atom. The number of hydrogen-bond acceptors (Lipinski definition) is 3. The second-order valence-electron chi connectivity index (χ2n) is 3.18. The van der Waals surface area contributed by atoms with Crippen LogP contribution < -0.4 is 4.72 Å². The Hall–Kier alpha value is -1.33. The molecule has 5 heteroatoms. The third-order valence-electron chi connectivity index (χ3n) is 1.78. The molecule has 0 fully saturated rings. The lowest BCUT2D eigenvalue weighted by Crippen LogP contribution is -2.09. The predicted molar refractivity (Wildman–Crippen MR) is 60.1 cm³/mol. The van der Waals surface area contributed by atoms with Crippen LogP contribution >= 0.6 is 0 Å². The molecule has 0 amide bonds. The largest absolute Gasteiger partial charge is 0.384 e. The number of sulfonamides is 1. The molecule has 0 aliphatic rings. The lowest BCUT2D eigenvalue weighted by molar-refractivity contribution is 0.229. The quantitative estimate of drug-likeness (QED) is 0.761. The van der Waals surface area contributed by atoms with Crippen LogP contribution in [0, 0.1) is 0 Å². The summed E-state index contributed by atoms with van der Waals surface area (Å²) in [5, 5.41) is 9.40. The first-order valence-corrected chi connectivity index (χ1v) is 6.20. The van der Waals surface area contributed by atoms with E-state index in [1.54, 1.807) is 24.3 Å². The molecule has 1 aromatic carbocycles. The molecule has 2 N–H and O–H groups in total. The van der Waals surface area contributed by atoms with Gasteiger partial charge in [-0.25, -0.2) is 8.42 Å². The molecule has 0 bridgehead atoms. The van der Waals surface area contributed by atoms with Crippen molar-refractivity contribution < 1.29 is 13.5 Å². The highest BCUT2D eigenvalue weighted by atomic mass is 32.2. The molecule has 15 heavy (non-hydrogen) atoms. The minimum atomic E-state index is -3.25. The Bertz CT molecular complexity index is 436. The van der Waals surface area contributed by atoms with Crippen molar-refractivity contribution >= 4 is 15.7 Å². The van der Waals surface area contributed by atoms with Crippen LogP contribution in [0.3, 0.4) is 0 Å². The molecule has 82 valence electrons. The maximum atomic E-state index is 10.9. The molecule has 0 aliphatic heterocycles. The van der Waals surface area contributed by atoms with Gasteiger partial charge >= 0.3 is 0 Å². The van der Waals surface area contributed by atoms with E-state index in [2.05, 4.69) is 11.3 Å². The van der Waals surface area contributed by atoms with Crippen LogP contribution in [0.1, 0.15) is 11.7 Å². The van der Waals surface area contributed by atoms with Crippen LogP contribution in [-0.2, 0) is 10.0 Å². The van der Waals surface area contributed by atoms with Gasteiger partial charge in [0.2, 0.25) is 10.0 Å². The first-order valence-electron chi connectivity index (χ1n) is 4.31. The van der Waals surface area contributed by atoms with Crippen LogP contribution in [0.15, 0.2) is 36.9 Å². The number of benzene rings is 1. The summed E-state index contributed by atoms with van der Waals surface area (Å²) >= 11 is 0. The summed E-state index contributed by atoms with van der Waals surface area (Å²) < 4.78 is 24.1. The Morgan fingerprint density at radius 3 is 2.33 bits per heavy atom. The van der Waals surface area contributed by atoms with Gasteiger partial charge in [0.1, 0.15) is 0 Å². The zero-order valence-corrected chi connectivity index (χ0v) is 9.16. The number of rotatable bonds is 4. The molecule has 0 saturated carbocycles. The van der Waals surface area contributed by atoms with Gasteiger partial charge in [-0.05, 0) is 17.7 Å². The van der Waals surface area contributed by atoms with E-state index >= 15 is 0 Å². The monoisotopic (exact) mass is 227 g/mol. The Labute approximate surface area is 89.3 Å². The first-order chi connectivity index (χ1) is 6.92. The highest BCUT2D eigenvalue weighted by Crippen LogP contribution is 2.17. The maximum Gasteiger partial charge on any atom is 0.229 e. The van der Waals surface area contributed by atoms with Crippen molar-refractivity contribution in [3.05, 3.63) is 42.5 Å². The second-order valence-corrected chi connectivity index (χ2v) is 4.93. The summed E-state index contributed by atoms with van der Waals surface area (Å²) in [5.41, 5.74) is 1.14. The van der Waals surface area contributed by atoms with Crippen molar-refractivity contribution in [1.29, 1.82) is 0 Å². The molecule has 1 atom stereocenters. The van der Waals surface area contributed by atoms with Crippen molar-refractivity contribution in [3.63, 3.8) is 0 Å². The van der Waals surface area contributed by atoms with Crippen molar-refractivity contribution in [2.24, 2.45) is 0 Å². The average molecular weight is 227 g/mol. The molecule has 0 saturated heterocycles. The topological polar surface area (TPSA) is 66.4 Å². The first kappa shape index (κ1) is 11.7. The maximum absolute atomic E-state index is 10.9. The van der Waals surface area contributed by atoms with Crippen LogP contribution in [0.5, 0.6) is 0 Å². The highest BCUT2D eigenvalue weighted by Gasteiger charge is 2.04. The summed E-state index contributed by atoms with van der Waals surface area (Å²) in [6.07, 6.45) is 1.76. The summed E-state index contributed by atoms with van der Waals surface area (Å²) in [5.74, 6) is 0. The molecule has 1 aromatic rings. The fourth-order valence-electron chi connectivity index (χ4n) is 1.10. The van der Waals surface area contributed by atoms with Crippen LogP contribution in [0.25, 0.3) is 0 Å². The minimum Gasteiger partial charge on any atom is -0.384 e. The molecule has 0 spiro atoms. The lowest BCUT2D eigenvalue weighted by Gasteiger charge is -2.07. The minimum absolute atomic E-state index is 0.470. The molecule has 0 heterocycles. The van der Waals surface area contributed by atoms with Gasteiger partial charge in [0, 0.05) is 5.69 Å². The van der Waals surface area contributed by atoms with Gasteiger partial charge in [-0.2, -0.15) is 0 Å². The predicted octanol–water partition coefficient (Wildman–Crippen LogP) is 1.28. The third-order valence-corrected chi connectivity index (χ3v) is 2.39. The number of hydrogen-bond donors (Lipinski definition) is 2. The van der Waals surface area contributed by atoms with E-state index < -0.39 is 16.1 Å². The molecular weight excluding hydrogens is 214 g/mol. The Balaban J connectivity index is 2.86.